The summed E-state index contributed by atoms with van der Waals surface area (Å²) in [4.78, 5) is 26.8. The predicted octanol–water partition coefficient (Wildman–Crippen LogP) is 6.21. The zero-order valence-corrected chi connectivity index (χ0v) is 23.5. The number of hydrogen-bond donors (Lipinski definition) is 0. The minimum Gasteiger partial charge on any atom is -0.452 e. The molecule has 4 aromatic carbocycles. The number of fused-ring (bicyclic) bond motifs is 1. The molecule has 2 saturated heterocycles. The van der Waals surface area contributed by atoms with Gasteiger partial charge in [-0.3, -0.25) is 0 Å². The molecule has 0 aromatic heterocycles. The van der Waals surface area contributed by atoms with Crippen LogP contribution in [0.2, 0.25) is 0 Å². The van der Waals surface area contributed by atoms with Gasteiger partial charge in [-0.25, -0.2) is 9.59 Å². The van der Waals surface area contributed by atoms with Gasteiger partial charge < -0.3 is 23.7 Å². The molecule has 0 spiro atoms. The van der Waals surface area contributed by atoms with Gasteiger partial charge in [0.25, 0.3) is 0 Å². The normalized spacial score (nSPS) is 25.1. The maximum atomic E-state index is 13.4. The second-order valence-electron chi connectivity index (χ2n) is 9.99. The van der Waals surface area contributed by atoms with Gasteiger partial charge in [0.05, 0.1) is 17.7 Å². The maximum absolute atomic E-state index is 13.4. The summed E-state index contributed by atoms with van der Waals surface area (Å²) >= 11 is 1.47. The Balaban J connectivity index is 1.33. The molecular formula is C34H30O7S. The molecule has 6 rings (SSSR count). The SMILES string of the molecule is O=C(O[C@H]1[C@H]2OC(c3ccccc3)OC[C@H]2O[C@@H](SCc2ccccc2)[C@@H]1OC(=O)c1ccccc1)c1ccccc1. The third-order valence-electron chi connectivity index (χ3n) is 7.12. The summed E-state index contributed by atoms with van der Waals surface area (Å²) < 4.78 is 31.3. The zero-order valence-electron chi connectivity index (χ0n) is 22.7. The summed E-state index contributed by atoms with van der Waals surface area (Å²) in [6.45, 7) is 0.214. The van der Waals surface area contributed by atoms with E-state index in [2.05, 4.69) is 0 Å². The first kappa shape index (κ1) is 28.2. The molecule has 8 heteroatoms. The molecule has 0 aliphatic carbocycles. The Kier molecular flexibility index (Phi) is 8.96. The lowest BCUT2D eigenvalue weighted by Gasteiger charge is -2.48. The van der Waals surface area contributed by atoms with E-state index in [1.54, 1.807) is 48.5 Å². The van der Waals surface area contributed by atoms with Crippen molar-refractivity contribution in [2.24, 2.45) is 0 Å². The molecule has 0 saturated carbocycles. The van der Waals surface area contributed by atoms with E-state index < -0.39 is 48.1 Å². The standard InChI is InChI=1S/C34H30O7S/c35-31(24-15-7-2-8-16-24)39-29-28-27(21-37-33(41-28)26-19-11-4-12-20-26)38-34(42-22-23-13-5-1-6-14-23)30(29)40-32(36)25-17-9-3-10-18-25/h1-20,27-30,33-34H,21-22H2/t27-,28+,29+,30-,33?,34+/m1/s1. The Labute approximate surface area is 248 Å². The molecule has 1 unspecified atom stereocenters. The van der Waals surface area contributed by atoms with Gasteiger partial charge in [0.15, 0.2) is 18.5 Å². The second-order valence-corrected chi connectivity index (χ2v) is 11.1. The van der Waals surface area contributed by atoms with Crippen LogP contribution in [0, 0.1) is 0 Å². The van der Waals surface area contributed by atoms with Crippen LogP contribution in [0.3, 0.4) is 0 Å². The number of carbonyl (C=O) groups excluding carboxylic acids is 2. The first-order valence-electron chi connectivity index (χ1n) is 13.8. The number of hydrogen-bond acceptors (Lipinski definition) is 8. The number of esters is 2. The van der Waals surface area contributed by atoms with Crippen LogP contribution < -0.4 is 0 Å². The van der Waals surface area contributed by atoms with Crippen LogP contribution in [0.25, 0.3) is 0 Å². The molecular weight excluding hydrogens is 552 g/mol. The Bertz CT molecular complexity index is 1450. The van der Waals surface area contributed by atoms with Crippen molar-refractivity contribution in [3.63, 3.8) is 0 Å². The lowest BCUT2D eigenvalue weighted by Crippen LogP contribution is -2.63. The Morgan fingerprint density at radius 3 is 1.79 bits per heavy atom. The number of benzene rings is 4. The van der Waals surface area contributed by atoms with E-state index in [-0.39, 0.29) is 6.61 Å². The minimum absolute atomic E-state index is 0.214. The minimum atomic E-state index is -0.965. The maximum Gasteiger partial charge on any atom is 0.338 e. The highest BCUT2D eigenvalue weighted by Gasteiger charge is 2.54. The molecule has 0 radical (unpaired) electrons. The summed E-state index contributed by atoms with van der Waals surface area (Å²) in [7, 11) is 0. The first-order valence-corrected chi connectivity index (χ1v) is 14.9. The Hall–Kier alpha value is -3.95. The van der Waals surface area contributed by atoms with Gasteiger partial charge in [0, 0.05) is 11.3 Å². The molecule has 2 aliphatic heterocycles. The van der Waals surface area contributed by atoms with E-state index >= 15 is 0 Å². The molecule has 0 bridgehead atoms. The number of ether oxygens (including phenoxy) is 5. The summed E-state index contributed by atoms with van der Waals surface area (Å²) in [5.74, 6) is -0.490. The third kappa shape index (κ3) is 6.58. The van der Waals surface area contributed by atoms with Crippen molar-refractivity contribution in [1.29, 1.82) is 0 Å². The molecule has 7 nitrogen and oxygen atoms in total. The van der Waals surface area contributed by atoms with Gasteiger partial charge in [-0.1, -0.05) is 97.1 Å². The van der Waals surface area contributed by atoms with Crippen molar-refractivity contribution in [2.75, 3.05) is 6.61 Å². The van der Waals surface area contributed by atoms with Gasteiger partial charge in [-0.2, -0.15) is 0 Å². The van der Waals surface area contributed by atoms with Crippen LogP contribution in [0.5, 0.6) is 0 Å². The predicted molar refractivity (Wildman–Crippen MR) is 158 cm³/mol. The highest BCUT2D eigenvalue weighted by molar-refractivity contribution is 7.99. The van der Waals surface area contributed by atoms with Crippen molar-refractivity contribution >= 4 is 23.7 Å². The van der Waals surface area contributed by atoms with Crippen molar-refractivity contribution in [3.05, 3.63) is 144 Å². The van der Waals surface area contributed by atoms with Crippen molar-refractivity contribution < 1.29 is 33.3 Å². The van der Waals surface area contributed by atoms with E-state index in [1.807, 2.05) is 72.8 Å². The van der Waals surface area contributed by atoms with Gasteiger partial charge in [-0.05, 0) is 29.8 Å². The largest absolute Gasteiger partial charge is 0.452 e. The van der Waals surface area contributed by atoms with Gasteiger partial charge in [-0.15, -0.1) is 11.8 Å². The van der Waals surface area contributed by atoms with Crippen LogP contribution in [-0.4, -0.2) is 48.4 Å². The lowest BCUT2D eigenvalue weighted by molar-refractivity contribution is -0.317. The molecule has 2 aliphatic rings. The van der Waals surface area contributed by atoms with Crippen LogP contribution in [0.15, 0.2) is 121 Å². The average Bonchev–Trinajstić information content (AvgIpc) is 3.06. The van der Waals surface area contributed by atoms with Gasteiger partial charge in [0.2, 0.25) is 0 Å². The Morgan fingerprint density at radius 1 is 0.667 bits per heavy atom. The number of thioether (sulfide) groups is 1. The lowest BCUT2D eigenvalue weighted by atomic mass is 9.98. The highest BCUT2D eigenvalue weighted by Crippen LogP contribution is 2.40. The summed E-state index contributed by atoms with van der Waals surface area (Å²) in [5, 5.41) is 0. The highest BCUT2D eigenvalue weighted by atomic mass is 32.2. The van der Waals surface area contributed by atoms with E-state index in [9.17, 15) is 9.59 Å². The topological polar surface area (TPSA) is 80.3 Å². The fourth-order valence-corrected chi connectivity index (χ4v) is 6.17. The summed E-state index contributed by atoms with van der Waals surface area (Å²) in [6.07, 6.45) is -3.94. The second kappa shape index (κ2) is 13.4. The van der Waals surface area contributed by atoms with E-state index in [0.29, 0.717) is 16.9 Å². The molecule has 6 atom stereocenters. The quantitative estimate of drug-likeness (QED) is 0.227. The first-order chi connectivity index (χ1) is 20.7. The summed E-state index contributed by atoms with van der Waals surface area (Å²) in [6, 6.07) is 36.9. The van der Waals surface area contributed by atoms with Crippen LogP contribution >= 0.6 is 11.8 Å². The molecule has 2 heterocycles. The molecule has 0 N–H and O–H groups in total. The van der Waals surface area contributed by atoms with Crippen molar-refractivity contribution in [3.8, 4) is 0 Å². The Morgan fingerprint density at radius 2 is 1.19 bits per heavy atom. The molecule has 42 heavy (non-hydrogen) atoms. The molecule has 0 amide bonds. The fraction of sp³-hybridized carbons (Fsp3) is 0.235. The molecule has 214 valence electrons. The van der Waals surface area contributed by atoms with Gasteiger partial charge in [0.1, 0.15) is 17.6 Å². The fourth-order valence-electron chi connectivity index (χ4n) is 5.00. The van der Waals surface area contributed by atoms with Crippen LogP contribution in [0.4, 0.5) is 0 Å². The smallest absolute Gasteiger partial charge is 0.338 e. The molecule has 4 aromatic rings. The number of rotatable bonds is 8. The van der Waals surface area contributed by atoms with Crippen LogP contribution in [-0.2, 0) is 29.4 Å². The van der Waals surface area contributed by atoms with Crippen molar-refractivity contribution in [1.82, 2.24) is 0 Å². The third-order valence-corrected chi connectivity index (χ3v) is 8.33. The molecule has 2 fully saturated rings. The van der Waals surface area contributed by atoms with Gasteiger partial charge >= 0.3 is 11.9 Å². The van der Waals surface area contributed by atoms with Crippen LogP contribution in [0.1, 0.15) is 38.1 Å². The van der Waals surface area contributed by atoms with Crippen molar-refractivity contribution in [2.45, 2.75) is 41.9 Å². The monoisotopic (exact) mass is 582 g/mol. The van der Waals surface area contributed by atoms with E-state index in [4.69, 9.17) is 23.7 Å². The number of carbonyl (C=O) groups is 2. The zero-order chi connectivity index (χ0) is 28.7. The summed E-state index contributed by atoms with van der Waals surface area (Å²) in [5.41, 5.74) is 2.01. The average molecular weight is 583 g/mol. The van der Waals surface area contributed by atoms with E-state index in [0.717, 1.165) is 11.1 Å². The van der Waals surface area contributed by atoms with E-state index in [1.165, 1.54) is 11.8 Å².